The fourth-order valence-electron chi connectivity index (χ4n) is 9.84. The monoisotopic (exact) mass is 788 g/mol. The summed E-state index contributed by atoms with van der Waals surface area (Å²) >= 11 is 0. The Morgan fingerprint density at radius 2 is 0.903 bits per heavy atom. The zero-order valence-electron chi connectivity index (χ0n) is 33.6. The van der Waals surface area contributed by atoms with Gasteiger partial charge in [-0.3, -0.25) is 0 Å². The minimum absolute atomic E-state index is 0.720. The lowest BCUT2D eigenvalue weighted by atomic mass is 9.98. The van der Waals surface area contributed by atoms with Crippen molar-refractivity contribution in [1.29, 1.82) is 0 Å². The molecule has 0 unspecified atom stereocenters. The average Bonchev–Trinajstić information content (AvgIpc) is 3.86. The highest BCUT2D eigenvalue weighted by atomic mass is 15.0. The summed E-state index contributed by atoms with van der Waals surface area (Å²) in [5.41, 5.74) is 13.3. The summed E-state index contributed by atoms with van der Waals surface area (Å²) in [7, 11) is 0. The molecule has 0 radical (unpaired) electrons. The van der Waals surface area contributed by atoms with Crippen LogP contribution in [0.5, 0.6) is 0 Å². The highest BCUT2D eigenvalue weighted by Gasteiger charge is 2.19. The first-order chi connectivity index (χ1) is 30.7. The molecule has 4 heteroatoms. The predicted octanol–water partition coefficient (Wildman–Crippen LogP) is 15.1. The number of rotatable bonds is 5. The van der Waals surface area contributed by atoms with Crippen molar-refractivity contribution in [3.8, 4) is 45.1 Å². The molecule has 288 valence electrons. The zero-order chi connectivity index (χ0) is 40.7. The van der Waals surface area contributed by atoms with E-state index in [2.05, 4.69) is 228 Å². The molecule has 0 aliphatic heterocycles. The first-order valence-electron chi connectivity index (χ1n) is 21.2. The molecular weight excluding hydrogens is 753 g/mol. The summed E-state index contributed by atoms with van der Waals surface area (Å²) in [4.78, 5) is 10.6. The summed E-state index contributed by atoms with van der Waals surface area (Å²) < 4.78 is 4.78. The van der Waals surface area contributed by atoms with Crippen LogP contribution in [0.3, 0.4) is 0 Å². The summed E-state index contributed by atoms with van der Waals surface area (Å²) in [5, 5.41) is 10.6. The second kappa shape index (κ2) is 13.6. The Morgan fingerprint density at radius 3 is 1.74 bits per heavy atom. The third-order valence-corrected chi connectivity index (χ3v) is 12.7. The second-order valence-corrected chi connectivity index (χ2v) is 16.2. The van der Waals surface area contributed by atoms with E-state index in [-0.39, 0.29) is 0 Å². The number of benzene rings is 10. The molecule has 13 aromatic rings. The van der Waals surface area contributed by atoms with Crippen LogP contribution in [0.15, 0.2) is 218 Å². The molecule has 4 nitrogen and oxygen atoms in total. The normalized spacial score (nSPS) is 11.9. The minimum atomic E-state index is 0.720. The largest absolute Gasteiger partial charge is 0.309 e. The predicted molar refractivity (Wildman–Crippen MR) is 260 cm³/mol. The summed E-state index contributed by atoms with van der Waals surface area (Å²) in [6.45, 7) is 0. The Bertz CT molecular complexity index is 3910. The standard InChI is InChI=1S/C58H36N4/c1-2-16-43(17-3-1)62-52-23-11-9-20-48(52)55-45(21-12-24-54(55)62)41-30-34-53-50(36-41)47-19-8-10-22-51(47)61(53)44-31-27-39(28-32-44)56-49-33-29-38-14-6-7-18-46(38)57(49)60-58(59-56)42-26-25-37-13-4-5-15-40(37)35-42/h1-36H. The molecule has 0 spiro atoms. The van der Waals surface area contributed by atoms with E-state index in [9.17, 15) is 0 Å². The van der Waals surface area contributed by atoms with Gasteiger partial charge in [0.05, 0.1) is 33.3 Å². The third-order valence-electron chi connectivity index (χ3n) is 12.7. The smallest absolute Gasteiger partial charge is 0.160 e. The van der Waals surface area contributed by atoms with Gasteiger partial charge in [-0.2, -0.15) is 0 Å². The molecule has 10 aromatic carbocycles. The quantitative estimate of drug-likeness (QED) is 0.163. The molecule has 0 amide bonds. The highest BCUT2D eigenvalue weighted by molar-refractivity contribution is 6.17. The van der Waals surface area contributed by atoms with Crippen LogP contribution in [0.2, 0.25) is 0 Å². The number of fused-ring (bicyclic) bond motifs is 10. The molecule has 0 bridgehead atoms. The van der Waals surface area contributed by atoms with Crippen molar-refractivity contribution in [3.05, 3.63) is 218 Å². The molecule has 0 aliphatic rings. The lowest BCUT2D eigenvalue weighted by Gasteiger charge is -2.13. The first-order valence-corrected chi connectivity index (χ1v) is 21.2. The Hall–Kier alpha value is -8.34. The van der Waals surface area contributed by atoms with Gasteiger partial charge in [0.2, 0.25) is 0 Å². The van der Waals surface area contributed by atoms with Crippen molar-refractivity contribution in [2.75, 3.05) is 0 Å². The molecule has 0 atom stereocenters. The molecule has 0 aliphatic carbocycles. The van der Waals surface area contributed by atoms with Gasteiger partial charge in [0, 0.05) is 54.8 Å². The van der Waals surface area contributed by atoms with Gasteiger partial charge in [-0.15, -0.1) is 0 Å². The maximum absolute atomic E-state index is 5.33. The van der Waals surface area contributed by atoms with E-state index in [1.807, 2.05) is 0 Å². The van der Waals surface area contributed by atoms with Crippen LogP contribution in [0.25, 0.3) is 121 Å². The van der Waals surface area contributed by atoms with Crippen LogP contribution >= 0.6 is 0 Å². The van der Waals surface area contributed by atoms with Crippen LogP contribution in [0.4, 0.5) is 0 Å². The van der Waals surface area contributed by atoms with Gasteiger partial charge >= 0.3 is 0 Å². The van der Waals surface area contributed by atoms with Gasteiger partial charge in [0.1, 0.15) is 0 Å². The Labute approximate surface area is 357 Å². The van der Waals surface area contributed by atoms with Crippen molar-refractivity contribution >= 4 is 76.1 Å². The molecule has 0 fully saturated rings. The van der Waals surface area contributed by atoms with Gasteiger partial charge in [0.15, 0.2) is 5.82 Å². The minimum Gasteiger partial charge on any atom is -0.309 e. The van der Waals surface area contributed by atoms with Crippen LogP contribution in [-0.4, -0.2) is 19.1 Å². The van der Waals surface area contributed by atoms with Crippen molar-refractivity contribution < 1.29 is 0 Å². The van der Waals surface area contributed by atoms with Crippen molar-refractivity contribution in [3.63, 3.8) is 0 Å². The van der Waals surface area contributed by atoms with Gasteiger partial charge in [0.25, 0.3) is 0 Å². The van der Waals surface area contributed by atoms with Gasteiger partial charge in [-0.25, -0.2) is 9.97 Å². The Kier molecular flexibility index (Phi) is 7.57. The summed E-state index contributed by atoms with van der Waals surface area (Å²) in [5.74, 6) is 0.720. The maximum Gasteiger partial charge on any atom is 0.160 e. The van der Waals surface area contributed by atoms with Crippen LogP contribution in [-0.2, 0) is 0 Å². The number of aromatic nitrogens is 4. The van der Waals surface area contributed by atoms with Gasteiger partial charge < -0.3 is 9.13 Å². The Balaban J connectivity index is 0.960. The lowest BCUT2D eigenvalue weighted by molar-refractivity contribution is 1.18. The van der Waals surface area contributed by atoms with Crippen molar-refractivity contribution in [2.45, 2.75) is 0 Å². The van der Waals surface area contributed by atoms with E-state index >= 15 is 0 Å². The van der Waals surface area contributed by atoms with Crippen LogP contribution in [0, 0.1) is 0 Å². The highest BCUT2D eigenvalue weighted by Crippen LogP contribution is 2.42. The maximum atomic E-state index is 5.33. The van der Waals surface area contributed by atoms with E-state index in [1.54, 1.807) is 0 Å². The zero-order valence-corrected chi connectivity index (χ0v) is 33.6. The molecule has 62 heavy (non-hydrogen) atoms. The van der Waals surface area contributed by atoms with Crippen molar-refractivity contribution in [2.24, 2.45) is 0 Å². The van der Waals surface area contributed by atoms with E-state index < -0.39 is 0 Å². The van der Waals surface area contributed by atoms with E-state index in [1.165, 1.54) is 65.5 Å². The van der Waals surface area contributed by atoms with Gasteiger partial charge in [-0.1, -0.05) is 152 Å². The summed E-state index contributed by atoms with van der Waals surface area (Å²) in [6.07, 6.45) is 0. The lowest BCUT2D eigenvalue weighted by Crippen LogP contribution is -1.97. The van der Waals surface area contributed by atoms with Crippen LogP contribution < -0.4 is 0 Å². The molecule has 0 saturated carbocycles. The number of nitrogens with zero attached hydrogens (tertiary/aromatic N) is 4. The molecule has 3 aromatic heterocycles. The number of para-hydroxylation sites is 3. The molecule has 13 rings (SSSR count). The SMILES string of the molecule is c1ccc(-n2c3ccccc3c3c(-c4ccc5c(c4)c4ccccc4n5-c4ccc(-c5nc(-c6ccc7ccccc7c6)nc6c5ccc5ccccc56)cc4)cccc32)cc1. The summed E-state index contributed by atoms with van der Waals surface area (Å²) in [6, 6.07) is 78.6. The van der Waals surface area contributed by atoms with E-state index in [0.29, 0.717) is 0 Å². The van der Waals surface area contributed by atoms with Gasteiger partial charge in [-0.05, 0) is 94.0 Å². The molecular formula is C58H36N4. The van der Waals surface area contributed by atoms with E-state index in [4.69, 9.17) is 9.97 Å². The van der Waals surface area contributed by atoms with Crippen molar-refractivity contribution in [1.82, 2.24) is 19.1 Å². The first kappa shape index (κ1) is 34.5. The number of hydrogen-bond donors (Lipinski definition) is 0. The third kappa shape index (κ3) is 5.27. The molecule has 0 saturated heterocycles. The number of hydrogen-bond acceptors (Lipinski definition) is 2. The van der Waals surface area contributed by atoms with E-state index in [0.717, 1.165) is 55.7 Å². The molecule has 3 heterocycles. The molecule has 0 N–H and O–H groups in total. The van der Waals surface area contributed by atoms with Crippen LogP contribution in [0.1, 0.15) is 0 Å². The fraction of sp³-hybridized carbons (Fsp3) is 0. The average molecular weight is 789 g/mol. The Morgan fingerprint density at radius 1 is 0.306 bits per heavy atom. The topological polar surface area (TPSA) is 35.6 Å². The fourth-order valence-corrected chi connectivity index (χ4v) is 9.84. The second-order valence-electron chi connectivity index (χ2n) is 16.2.